The Balaban J connectivity index is 1.81. The molecule has 2 atom stereocenters. The molecular formula is C17H14N2O3. The zero-order valence-electron chi connectivity index (χ0n) is 11.7. The van der Waals surface area contributed by atoms with Crippen LogP contribution in [0.1, 0.15) is 22.9 Å². The van der Waals surface area contributed by atoms with Gasteiger partial charge in [-0.05, 0) is 23.3 Å². The molecule has 1 aliphatic carbocycles. The average Bonchev–Trinajstić information content (AvgIpc) is 3.13. The molecule has 1 aromatic carbocycles. The number of carbonyl (C=O) groups excluding carboxylic acids is 1. The molecule has 5 heteroatoms. The van der Waals surface area contributed by atoms with E-state index in [1.165, 1.54) is 12.3 Å². The maximum absolute atomic E-state index is 12.3. The Morgan fingerprint density at radius 3 is 2.91 bits per heavy atom. The summed E-state index contributed by atoms with van der Waals surface area (Å²) >= 11 is 0. The Labute approximate surface area is 127 Å². The number of aliphatic hydroxyl groups is 1. The molecule has 5 nitrogen and oxygen atoms in total. The molecule has 22 heavy (non-hydrogen) atoms. The summed E-state index contributed by atoms with van der Waals surface area (Å²) in [6, 6.07) is 12.2. The lowest BCUT2D eigenvalue weighted by molar-refractivity contribution is -0.118. The van der Waals surface area contributed by atoms with Crippen LogP contribution in [0.15, 0.2) is 52.7 Å². The molecule has 0 fully saturated rings. The molecule has 1 heterocycles. The molecule has 0 saturated heterocycles. The van der Waals surface area contributed by atoms with Gasteiger partial charge in [-0.15, -0.1) is 0 Å². The SMILES string of the molecule is N#C/C(=C\c1ccco1)C(=O)NC1c2ccccc2CC1O. The fourth-order valence-corrected chi connectivity index (χ4v) is 2.63. The van der Waals surface area contributed by atoms with E-state index in [1.54, 1.807) is 12.1 Å². The summed E-state index contributed by atoms with van der Waals surface area (Å²) in [6.07, 6.45) is 2.65. The predicted molar refractivity (Wildman–Crippen MR) is 79.3 cm³/mol. The summed E-state index contributed by atoms with van der Waals surface area (Å²) in [7, 11) is 0. The maximum atomic E-state index is 12.3. The van der Waals surface area contributed by atoms with Gasteiger partial charge in [0.2, 0.25) is 0 Å². The second kappa shape index (κ2) is 5.88. The number of amides is 1. The third-order valence-electron chi connectivity index (χ3n) is 3.69. The monoisotopic (exact) mass is 294 g/mol. The number of aliphatic hydroxyl groups excluding tert-OH is 1. The number of furan rings is 1. The van der Waals surface area contributed by atoms with E-state index < -0.39 is 18.1 Å². The van der Waals surface area contributed by atoms with Crippen LogP contribution in [0.3, 0.4) is 0 Å². The minimum atomic E-state index is -0.690. The van der Waals surface area contributed by atoms with E-state index in [-0.39, 0.29) is 5.57 Å². The van der Waals surface area contributed by atoms with Crippen LogP contribution in [0.25, 0.3) is 6.08 Å². The molecule has 3 rings (SSSR count). The number of hydrogen-bond donors (Lipinski definition) is 2. The molecule has 1 amide bonds. The van der Waals surface area contributed by atoms with Gasteiger partial charge in [-0.1, -0.05) is 24.3 Å². The van der Waals surface area contributed by atoms with Crippen molar-refractivity contribution in [3.63, 3.8) is 0 Å². The van der Waals surface area contributed by atoms with Crippen molar-refractivity contribution >= 4 is 12.0 Å². The van der Waals surface area contributed by atoms with Crippen LogP contribution < -0.4 is 5.32 Å². The van der Waals surface area contributed by atoms with Crippen LogP contribution in [0.2, 0.25) is 0 Å². The van der Waals surface area contributed by atoms with E-state index in [0.717, 1.165) is 11.1 Å². The van der Waals surface area contributed by atoms with Gasteiger partial charge in [0.05, 0.1) is 18.4 Å². The summed E-state index contributed by atoms with van der Waals surface area (Å²) in [5.41, 5.74) is 1.83. The lowest BCUT2D eigenvalue weighted by atomic mass is 10.1. The van der Waals surface area contributed by atoms with Crippen molar-refractivity contribution in [2.75, 3.05) is 0 Å². The van der Waals surface area contributed by atoms with Crippen molar-refractivity contribution in [3.8, 4) is 6.07 Å². The third-order valence-corrected chi connectivity index (χ3v) is 3.69. The molecule has 2 N–H and O–H groups in total. The van der Waals surface area contributed by atoms with Gasteiger partial charge in [-0.25, -0.2) is 0 Å². The second-order valence-corrected chi connectivity index (χ2v) is 5.11. The fourth-order valence-electron chi connectivity index (χ4n) is 2.63. The molecule has 2 aromatic rings. The third kappa shape index (κ3) is 2.65. The van der Waals surface area contributed by atoms with Gasteiger partial charge in [-0.2, -0.15) is 5.26 Å². The van der Waals surface area contributed by atoms with Crippen LogP contribution in [0.4, 0.5) is 0 Å². The molecule has 0 radical (unpaired) electrons. The fraction of sp³-hybridized carbons (Fsp3) is 0.176. The van der Waals surface area contributed by atoms with E-state index in [9.17, 15) is 9.90 Å². The van der Waals surface area contributed by atoms with Crippen LogP contribution in [-0.2, 0) is 11.2 Å². The number of nitrogens with one attached hydrogen (secondary N) is 1. The summed E-state index contributed by atoms with van der Waals surface area (Å²) in [6.45, 7) is 0. The number of nitriles is 1. The molecule has 0 aliphatic heterocycles. The Bertz CT molecular complexity index is 756. The maximum Gasteiger partial charge on any atom is 0.262 e. The van der Waals surface area contributed by atoms with Gasteiger partial charge in [0.1, 0.15) is 17.4 Å². The quantitative estimate of drug-likeness (QED) is 0.669. The lowest BCUT2D eigenvalue weighted by Crippen LogP contribution is -2.34. The smallest absolute Gasteiger partial charge is 0.262 e. The summed E-state index contributed by atoms with van der Waals surface area (Å²) in [5, 5.41) is 22.0. The van der Waals surface area contributed by atoms with E-state index in [2.05, 4.69) is 5.32 Å². The average molecular weight is 294 g/mol. The van der Waals surface area contributed by atoms with E-state index >= 15 is 0 Å². The number of hydrogen-bond acceptors (Lipinski definition) is 4. The molecule has 0 spiro atoms. The Kier molecular flexibility index (Phi) is 3.77. The van der Waals surface area contributed by atoms with Crippen LogP contribution in [0, 0.1) is 11.3 Å². The van der Waals surface area contributed by atoms with Crippen molar-refractivity contribution in [3.05, 3.63) is 65.1 Å². The predicted octanol–water partition coefficient (Wildman–Crippen LogP) is 1.96. The van der Waals surface area contributed by atoms with Crippen LogP contribution >= 0.6 is 0 Å². The van der Waals surface area contributed by atoms with Gasteiger partial charge < -0.3 is 14.8 Å². The topological polar surface area (TPSA) is 86.3 Å². The van der Waals surface area contributed by atoms with E-state index in [0.29, 0.717) is 12.2 Å². The minimum Gasteiger partial charge on any atom is -0.465 e. The highest BCUT2D eigenvalue weighted by molar-refractivity contribution is 6.01. The number of rotatable bonds is 3. The molecular weight excluding hydrogens is 280 g/mol. The Morgan fingerprint density at radius 1 is 1.36 bits per heavy atom. The van der Waals surface area contributed by atoms with Gasteiger partial charge in [-0.3, -0.25) is 4.79 Å². The van der Waals surface area contributed by atoms with Gasteiger partial charge in [0, 0.05) is 12.5 Å². The van der Waals surface area contributed by atoms with Crippen LogP contribution in [-0.4, -0.2) is 17.1 Å². The largest absolute Gasteiger partial charge is 0.465 e. The van der Waals surface area contributed by atoms with E-state index in [1.807, 2.05) is 30.3 Å². The van der Waals surface area contributed by atoms with Crippen molar-refractivity contribution in [2.45, 2.75) is 18.6 Å². The Morgan fingerprint density at radius 2 is 2.18 bits per heavy atom. The number of carbonyl (C=O) groups is 1. The highest BCUT2D eigenvalue weighted by Crippen LogP contribution is 2.31. The van der Waals surface area contributed by atoms with Crippen molar-refractivity contribution < 1.29 is 14.3 Å². The highest BCUT2D eigenvalue weighted by Gasteiger charge is 2.32. The highest BCUT2D eigenvalue weighted by atomic mass is 16.3. The summed E-state index contributed by atoms with van der Waals surface area (Å²) in [5.74, 6) is -0.0984. The number of nitrogens with zero attached hydrogens (tertiary/aromatic N) is 1. The molecule has 2 unspecified atom stereocenters. The van der Waals surface area contributed by atoms with E-state index in [4.69, 9.17) is 9.68 Å². The number of fused-ring (bicyclic) bond motifs is 1. The summed E-state index contributed by atoms with van der Waals surface area (Å²) in [4.78, 5) is 12.3. The zero-order chi connectivity index (χ0) is 15.5. The normalized spacial score (nSPS) is 20.3. The van der Waals surface area contributed by atoms with Crippen molar-refractivity contribution in [1.82, 2.24) is 5.32 Å². The number of benzene rings is 1. The van der Waals surface area contributed by atoms with Gasteiger partial charge in [0.15, 0.2) is 0 Å². The molecule has 1 aromatic heterocycles. The zero-order valence-corrected chi connectivity index (χ0v) is 11.7. The first-order chi connectivity index (χ1) is 10.7. The van der Waals surface area contributed by atoms with Crippen molar-refractivity contribution in [1.29, 1.82) is 5.26 Å². The lowest BCUT2D eigenvalue weighted by Gasteiger charge is -2.17. The molecule has 0 saturated carbocycles. The standard InChI is InChI=1S/C17H14N2O3/c18-10-12(8-13-5-3-7-22-13)17(21)19-16-14-6-2-1-4-11(14)9-15(16)20/h1-8,15-16,20H,9H2,(H,19,21)/b12-8+. The van der Waals surface area contributed by atoms with Crippen LogP contribution in [0.5, 0.6) is 0 Å². The second-order valence-electron chi connectivity index (χ2n) is 5.11. The summed E-state index contributed by atoms with van der Waals surface area (Å²) < 4.78 is 5.11. The molecule has 1 aliphatic rings. The first-order valence-electron chi connectivity index (χ1n) is 6.91. The molecule has 110 valence electrons. The van der Waals surface area contributed by atoms with Gasteiger partial charge >= 0.3 is 0 Å². The molecule has 0 bridgehead atoms. The Hall–Kier alpha value is -2.84. The minimum absolute atomic E-state index is 0.0634. The van der Waals surface area contributed by atoms with Crippen molar-refractivity contribution in [2.24, 2.45) is 0 Å². The first kappa shape index (κ1) is 14.1. The first-order valence-corrected chi connectivity index (χ1v) is 6.91. The van der Waals surface area contributed by atoms with Gasteiger partial charge in [0.25, 0.3) is 5.91 Å².